The molecule has 0 spiro atoms. The molecule has 7 heteroatoms. The van der Waals surface area contributed by atoms with Crippen molar-refractivity contribution in [2.24, 2.45) is 11.8 Å². The Hall–Kier alpha value is -2.83. The van der Waals surface area contributed by atoms with Crippen LogP contribution < -0.4 is 9.47 Å². The highest BCUT2D eigenvalue weighted by atomic mass is 16.5. The monoisotopic (exact) mass is 502 g/mol. The van der Waals surface area contributed by atoms with Gasteiger partial charge in [-0.05, 0) is 62.8 Å². The minimum absolute atomic E-state index is 0.103. The molecule has 2 rings (SSSR count). The SMILES string of the molecule is C=CC(=O)OCCCCCCCCCCCOc1ccc(OC(=O)C2CCC(C(=O)OC)CC2)cc1. The summed E-state index contributed by atoms with van der Waals surface area (Å²) in [6.07, 6.45) is 14.1. The van der Waals surface area contributed by atoms with Crippen molar-refractivity contribution < 1.29 is 33.3 Å². The van der Waals surface area contributed by atoms with Crippen LogP contribution in [0.25, 0.3) is 0 Å². The Bertz CT molecular complexity index is 794. The third-order valence-electron chi connectivity index (χ3n) is 6.61. The van der Waals surface area contributed by atoms with Crippen LogP contribution in [-0.4, -0.2) is 38.2 Å². The molecule has 0 atom stereocenters. The zero-order valence-electron chi connectivity index (χ0n) is 21.7. The zero-order chi connectivity index (χ0) is 26.0. The maximum Gasteiger partial charge on any atom is 0.330 e. The van der Waals surface area contributed by atoms with Gasteiger partial charge in [0.15, 0.2) is 0 Å². The maximum absolute atomic E-state index is 12.4. The van der Waals surface area contributed by atoms with E-state index in [4.69, 9.17) is 18.9 Å². The van der Waals surface area contributed by atoms with Gasteiger partial charge in [-0.25, -0.2) is 4.79 Å². The van der Waals surface area contributed by atoms with Crippen LogP contribution in [0.1, 0.15) is 83.5 Å². The van der Waals surface area contributed by atoms with Gasteiger partial charge in [0.05, 0.1) is 32.2 Å². The molecule has 200 valence electrons. The number of benzene rings is 1. The van der Waals surface area contributed by atoms with Crippen LogP contribution in [-0.2, 0) is 23.9 Å². The predicted molar refractivity (Wildman–Crippen MR) is 138 cm³/mol. The van der Waals surface area contributed by atoms with Crippen molar-refractivity contribution in [2.45, 2.75) is 83.5 Å². The average Bonchev–Trinajstić information content (AvgIpc) is 2.91. The van der Waals surface area contributed by atoms with Gasteiger partial charge in [-0.15, -0.1) is 0 Å². The highest BCUT2D eigenvalue weighted by Gasteiger charge is 2.31. The first-order valence-electron chi connectivity index (χ1n) is 13.3. The number of hydrogen-bond acceptors (Lipinski definition) is 7. The highest BCUT2D eigenvalue weighted by molar-refractivity contribution is 5.81. The van der Waals surface area contributed by atoms with Crippen LogP contribution in [0, 0.1) is 11.8 Å². The molecule has 0 saturated heterocycles. The number of ether oxygens (including phenoxy) is 4. The lowest BCUT2D eigenvalue weighted by Gasteiger charge is -2.25. The molecule has 0 radical (unpaired) electrons. The molecule has 0 amide bonds. The summed E-state index contributed by atoms with van der Waals surface area (Å²) in [5.41, 5.74) is 0. The number of esters is 3. The minimum Gasteiger partial charge on any atom is -0.494 e. The quantitative estimate of drug-likeness (QED) is 0.109. The third-order valence-corrected chi connectivity index (χ3v) is 6.61. The maximum atomic E-state index is 12.4. The summed E-state index contributed by atoms with van der Waals surface area (Å²) in [4.78, 5) is 35.0. The standard InChI is InChI=1S/C29H42O7/c1-3-27(30)35-22-12-10-8-6-4-5-7-9-11-21-34-25-17-19-26(20-18-25)36-29(32)24-15-13-23(14-16-24)28(31)33-2/h3,17-20,23-24H,1,4-16,21-22H2,2H3. The molecule has 0 heterocycles. The van der Waals surface area contributed by atoms with Crippen molar-refractivity contribution in [2.75, 3.05) is 20.3 Å². The first-order chi connectivity index (χ1) is 17.5. The van der Waals surface area contributed by atoms with Gasteiger partial charge in [0, 0.05) is 6.08 Å². The van der Waals surface area contributed by atoms with Crippen LogP contribution in [0.5, 0.6) is 11.5 Å². The summed E-state index contributed by atoms with van der Waals surface area (Å²) in [6.45, 7) is 4.53. The van der Waals surface area contributed by atoms with Crippen molar-refractivity contribution in [3.63, 3.8) is 0 Å². The van der Waals surface area contributed by atoms with E-state index in [0.29, 0.717) is 44.6 Å². The summed E-state index contributed by atoms with van der Waals surface area (Å²) in [6, 6.07) is 7.18. The van der Waals surface area contributed by atoms with Gasteiger partial charge in [0.2, 0.25) is 0 Å². The first-order valence-corrected chi connectivity index (χ1v) is 13.3. The second-order valence-corrected chi connectivity index (χ2v) is 9.37. The minimum atomic E-state index is -0.343. The fraction of sp³-hybridized carbons (Fsp3) is 0.621. The Morgan fingerprint density at radius 1 is 0.750 bits per heavy atom. The van der Waals surface area contributed by atoms with E-state index >= 15 is 0 Å². The van der Waals surface area contributed by atoms with Gasteiger partial charge < -0.3 is 18.9 Å². The lowest BCUT2D eigenvalue weighted by molar-refractivity contribution is -0.149. The summed E-state index contributed by atoms with van der Waals surface area (Å²) in [7, 11) is 1.40. The van der Waals surface area contributed by atoms with Gasteiger partial charge in [0.25, 0.3) is 0 Å². The molecule has 1 saturated carbocycles. The van der Waals surface area contributed by atoms with Crippen LogP contribution >= 0.6 is 0 Å². The Balaban J connectivity index is 1.47. The van der Waals surface area contributed by atoms with E-state index in [1.807, 2.05) is 12.1 Å². The number of methoxy groups -OCH3 is 1. The Morgan fingerprint density at radius 2 is 1.22 bits per heavy atom. The normalized spacial score (nSPS) is 17.1. The van der Waals surface area contributed by atoms with E-state index in [2.05, 4.69) is 6.58 Å². The molecule has 0 unspecified atom stereocenters. The smallest absolute Gasteiger partial charge is 0.330 e. The van der Waals surface area contributed by atoms with E-state index in [1.165, 1.54) is 45.3 Å². The molecule has 1 aliphatic rings. The molecule has 36 heavy (non-hydrogen) atoms. The van der Waals surface area contributed by atoms with Crippen molar-refractivity contribution in [1.29, 1.82) is 0 Å². The molecule has 1 fully saturated rings. The highest BCUT2D eigenvalue weighted by Crippen LogP contribution is 2.31. The van der Waals surface area contributed by atoms with Crippen LogP contribution in [0.15, 0.2) is 36.9 Å². The van der Waals surface area contributed by atoms with Crippen LogP contribution in [0.2, 0.25) is 0 Å². The molecular formula is C29H42O7. The number of rotatable bonds is 17. The van der Waals surface area contributed by atoms with Gasteiger partial charge in [0.1, 0.15) is 11.5 Å². The van der Waals surface area contributed by atoms with Crippen LogP contribution in [0.4, 0.5) is 0 Å². The summed E-state index contributed by atoms with van der Waals surface area (Å²) in [5, 5.41) is 0. The fourth-order valence-corrected chi connectivity index (χ4v) is 4.40. The van der Waals surface area contributed by atoms with Crippen molar-refractivity contribution >= 4 is 17.9 Å². The molecule has 1 aliphatic carbocycles. The molecule has 0 N–H and O–H groups in total. The van der Waals surface area contributed by atoms with E-state index in [1.54, 1.807) is 12.1 Å². The molecular weight excluding hydrogens is 460 g/mol. The van der Waals surface area contributed by atoms with Crippen molar-refractivity contribution in [3.8, 4) is 11.5 Å². The summed E-state index contributed by atoms with van der Waals surface area (Å²) >= 11 is 0. The molecule has 0 aromatic heterocycles. The summed E-state index contributed by atoms with van der Waals surface area (Å²) < 4.78 is 21.1. The molecule has 1 aromatic rings. The van der Waals surface area contributed by atoms with E-state index < -0.39 is 0 Å². The van der Waals surface area contributed by atoms with Crippen LogP contribution in [0.3, 0.4) is 0 Å². The van der Waals surface area contributed by atoms with Gasteiger partial charge in [-0.3, -0.25) is 9.59 Å². The second kappa shape index (κ2) is 17.6. The van der Waals surface area contributed by atoms with Gasteiger partial charge in [-0.1, -0.05) is 51.5 Å². The molecule has 7 nitrogen and oxygen atoms in total. The predicted octanol–water partition coefficient (Wildman–Crippen LogP) is 6.19. The van der Waals surface area contributed by atoms with Gasteiger partial charge >= 0.3 is 17.9 Å². The number of carbonyl (C=O) groups excluding carboxylic acids is 3. The fourth-order valence-electron chi connectivity index (χ4n) is 4.40. The molecule has 1 aromatic carbocycles. The number of unbranched alkanes of at least 4 members (excludes halogenated alkanes) is 8. The largest absolute Gasteiger partial charge is 0.494 e. The Morgan fingerprint density at radius 3 is 1.75 bits per heavy atom. The lowest BCUT2D eigenvalue weighted by atomic mass is 9.82. The Labute approximate surface area is 215 Å². The third kappa shape index (κ3) is 11.7. The summed E-state index contributed by atoms with van der Waals surface area (Å²) in [5.74, 6) is 0.244. The van der Waals surface area contributed by atoms with E-state index in [9.17, 15) is 14.4 Å². The van der Waals surface area contributed by atoms with E-state index in [0.717, 1.165) is 31.4 Å². The number of carbonyl (C=O) groups is 3. The van der Waals surface area contributed by atoms with E-state index in [-0.39, 0.29) is 29.7 Å². The molecule has 0 bridgehead atoms. The Kier molecular flexibility index (Phi) is 14.4. The van der Waals surface area contributed by atoms with Gasteiger partial charge in [-0.2, -0.15) is 0 Å². The topological polar surface area (TPSA) is 88.1 Å². The lowest BCUT2D eigenvalue weighted by Crippen LogP contribution is -2.29. The second-order valence-electron chi connectivity index (χ2n) is 9.37. The van der Waals surface area contributed by atoms with Crippen molar-refractivity contribution in [1.82, 2.24) is 0 Å². The molecule has 0 aliphatic heterocycles. The first kappa shape index (κ1) is 29.4. The number of hydrogen-bond donors (Lipinski definition) is 0. The van der Waals surface area contributed by atoms with Crippen molar-refractivity contribution in [3.05, 3.63) is 36.9 Å². The average molecular weight is 503 g/mol. The zero-order valence-corrected chi connectivity index (χ0v) is 21.7.